The van der Waals surface area contributed by atoms with Crippen molar-refractivity contribution in [1.82, 2.24) is 14.3 Å². The van der Waals surface area contributed by atoms with Crippen molar-refractivity contribution in [1.29, 1.82) is 0 Å². The van der Waals surface area contributed by atoms with Crippen LogP contribution in [-0.4, -0.2) is 39.5 Å². The highest BCUT2D eigenvalue weighted by atomic mass is 19.3. The number of aromatic nitrogens is 3. The molecule has 186 valence electrons. The first-order valence-electron chi connectivity index (χ1n) is 10.4. The third kappa shape index (κ3) is 4.75. The molecular weight excluding hydrogens is 482 g/mol. The second kappa shape index (κ2) is 9.47. The molecule has 1 fully saturated rings. The van der Waals surface area contributed by atoms with E-state index in [2.05, 4.69) is 5.10 Å². The second-order valence-corrected chi connectivity index (χ2v) is 7.84. The summed E-state index contributed by atoms with van der Waals surface area (Å²) >= 11 is 0. The average molecular weight is 500 g/mol. The summed E-state index contributed by atoms with van der Waals surface area (Å²) in [6.45, 7) is -0.144. The standard InChI is InChI=1S/C22H18F6N4O3/c1-10-30-32(22(34)31(10)11-5-6-11)16-8-17(35-18(9-23)20(27)28)12(7-15(16)26)21(33)29-19-13(24)3-2-4-14(19)25/h2-4,7-8,11,18,20H,5-6,9H2,1H3,(H,29,33)/t18-/m0/s1. The Bertz CT molecular complexity index is 1320. The summed E-state index contributed by atoms with van der Waals surface area (Å²) in [4.78, 5) is 25.5. The third-order valence-corrected chi connectivity index (χ3v) is 5.33. The van der Waals surface area contributed by atoms with Gasteiger partial charge in [-0.2, -0.15) is 9.78 Å². The Labute approximate surface area is 193 Å². The fraction of sp³-hybridized carbons (Fsp3) is 0.318. The Hall–Kier alpha value is -3.77. The van der Waals surface area contributed by atoms with E-state index < -0.39 is 70.9 Å². The quantitative estimate of drug-likeness (QED) is 0.468. The van der Waals surface area contributed by atoms with Crippen molar-refractivity contribution in [2.45, 2.75) is 38.3 Å². The second-order valence-electron chi connectivity index (χ2n) is 7.84. The lowest BCUT2D eigenvalue weighted by Gasteiger charge is -2.19. The molecule has 35 heavy (non-hydrogen) atoms. The molecule has 0 radical (unpaired) electrons. The van der Waals surface area contributed by atoms with Crippen molar-refractivity contribution in [3.8, 4) is 11.4 Å². The van der Waals surface area contributed by atoms with Gasteiger partial charge in [-0.05, 0) is 38.0 Å². The molecule has 3 aromatic rings. The van der Waals surface area contributed by atoms with Crippen LogP contribution in [0.15, 0.2) is 35.1 Å². The summed E-state index contributed by atoms with van der Waals surface area (Å²) in [6.07, 6.45) is -4.22. The summed E-state index contributed by atoms with van der Waals surface area (Å²) < 4.78 is 89.4. The molecule has 1 saturated carbocycles. The summed E-state index contributed by atoms with van der Waals surface area (Å²) in [5.74, 6) is -5.30. The number of hydrogen-bond acceptors (Lipinski definition) is 4. The number of halogens is 6. The van der Waals surface area contributed by atoms with Crippen LogP contribution in [0.25, 0.3) is 5.69 Å². The molecule has 0 unspecified atom stereocenters. The number of hydrogen-bond donors (Lipinski definition) is 1. The van der Waals surface area contributed by atoms with E-state index in [1.54, 1.807) is 0 Å². The lowest BCUT2D eigenvalue weighted by molar-refractivity contribution is -0.00158. The summed E-state index contributed by atoms with van der Waals surface area (Å²) in [5, 5.41) is 5.88. The van der Waals surface area contributed by atoms with Gasteiger partial charge in [-0.25, -0.2) is 31.1 Å². The van der Waals surface area contributed by atoms with Crippen molar-refractivity contribution >= 4 is 11.6 Å². The van der Waals surface area contributed by atoms with E-state index >= 15 is 4.39 Å². The molecule has 2 aromatic carbocycles. The van der Waals surface area contributed by atoms with Gasteiger partial charge >= 0.3 is 5.69 Å². The van der Waals surface area contributed by atoms with Gasteiger partial charge in [0.2, 0.25) is 0 Å². The minimum Gasteiger partial charge on any atom is -0.481 e. The number of alkyl halides is 3. The molecule has 13 heteroatoms. The number of rotatable bonds is 8. The highest BCUT2D eigenvalue weighted by Gasteiger charge is 2.31. The number of nitrogens with one attached hydrogen (secondary N) is 1. The summed E-state index contributed by atoms with van der Waals surface area (Å²) in [5.41, 5.74) is -2.90. The van der Waals surface area contributed by atoms with E-state index in [4.69, 9.17) is 4.74 Å². The predicted molar refractivity (Wildman–Crippen MR) is 111 cm³/mol. The van der Waals surface area contributed by atoms with E-state index in [-0.39, 0.29) is 11.9 Å². The molecule has 1 aliphatic carbocycles. The normalized spacial score (nSPS) is 14.3. The summed E-state index contributed by atoms with van der Waals surface area (Å²) in [6, 6.07) is 3.89. The minimum atomic E-state index is -3.33. The molecule has 1 amide bonds. The topological polar surface area (TPSA) is 78.2 Å². The lowest BCUT2D eigenvalue weighted by atomic mass is 10.1. The number of anilines is 1. The van der Waals surface area contributed by atoms with Crippen LogP contribution in [0.1, 0.15) is 35.1 Å². The molecule has 0 bridgehead atoms. The van der Waals surface area contributed by atoms with Crippen LogP contribution in [0.3, 0.4) is 0 Å². The molecule has 1 N–H and O–H groups in total. The Kier molecular flexibility index (Phi) is 6.59. The van der Waals surface area contributed by atoms with E-state index in [0.717, 1.165) is 37.1 Å². The van der Waals surface area contributed by atoms with Gasteiger partial charge < -0.3 is 10.1 Å². The maximum atomic E-state index is 15.1. The van der Waals surface area contributed by atoms with E-state index in [1.807, 2.05) is 5.32 Å². The molecule has 0 aliphatic heterocycles. The maximum absolute atomic E-state index is 15.1. The zero-order valence-electron chi connectivity index (χ0n) is 18.1. The molecule has 1 atom stereocenters. The Morgan fingerprint density at radius 1 is 1.17 bits per heavy atom. The first-order chi connectivity index (χ1) is 16.6. The first kappa shape index (κ1) is 24.4. The van der Waals surface area contributed by atoms with Gasteiger partial charge in [0.05, 0.1) is 5.56 Å². The lowest BCUT2D eigenvalue weighted by Crippen LogP contribution is -2.29. The Balaban J connectivity index is 1.81. The number of ether oxygens (including phenoxy) is 1. The minimum absolute atomic E-state index is 0.106. The van der Waals surface area contributed by atoms with E-state index in [9.17, 15) is 31.5 Å². The number of nitrogens with zero attached hydrogens (tertiary/aromatic N) is 3. The SMILES string of the molecule is Cc1nn(-c2cc(O[C@@H](CF)C(F)F)c(C(=O)Nc3c(F)cccc3F)cc2F)c(=O)n1C1CC1. The van der Waals surface area contributed by atoms with Gasteiger partial charge in [-0.1, -0.05) is 6.07 Å². The molecule has 4 rings (SSSR count). The first-order valence-corrected chi connectivity index (χ1v) is 10.4. The molecule has 1 heterocycles. The smallest absolute Gasteiger partial charge is 0.351 e. The van der Waals surface area contributed by atoms with Crippen molar-refractivity contribution in [3.05, 3.63) is 69.7 Å². The Morgan fingerprint density at radius 3 is 2.40 bits per heavy atom. The number of carbonyl (C=O) groups is 1. The van der Waals surface area contributed by atoms with Crippen molar-refractivity contribution < 1.29 is 35.9 Å². The van der Waals surface area contributed by atoms with Crippen LogP contribution in [0.4, 0.5) is 32.0 Å². The largest absolute Gasteiger partial charge is 0.481 e. The predicted octanol–water partition coefficient (Wildman–Crippen LogP) is 4.33. The number of amides is 1. The van der Waals surface area contributed by atoms with Gasteiger partial charge in [-0.15, -0.1) is 0 Å². The van der Waals surface area contributed by atoms with Gasteiger partial charge in [0, 0.05) is 12.1 Å². The number of para-hydroxylation sites is 1. The monoisotopic (exact) mass is 500 g/mol. The van der Waals surface area contributed by atoms with Crippen LogP contribution in [0.5, 0.6) is 5.75 Å². The fourth-order valence-corrected chi connectivity index (χ4v) is 3.48. The van der Waals surface area contributed by atoms with Crippen molar-refractivity contribution in [2.75, 3.05) is 12.0 Å². The molecule has 7 nitrogen and oxygen atoms in total. The average Bonchev–Trinajstić information content (AvgIpc) is 3.59. The maximum Gasteiger partial charge on any atom is 0.351 e. The molecule has 1 aromatic heterocycles. The van der Waals surface area contributed by atoms with Crippen molar-refractivity contribution in [3.63, 3.8) is 0 Å². The highest BCUT2D eigenvalue weighted by Crippen LogP contribution is 2.35. The highest BCUT2D eigenvalue weighted by molar-refractivity contribution is 6.06. The van der Waals surface area contributed by atoms with Gasteiger partial charge in [0.25, 0.3) is 12.3 Å². The van der Waals surface area contributed by atoms with Gasteiger partial charge in [0.15, 0.2) is 6.10 Å². The number of benzene rings is 2. The number of aryl methyl sites for hydroxylation is 1. The van der Waals surface area contributed by atoms with Crippen LogP contribution in [0, 0.1) is 24.4 Å². The van der Waals surface area contributed by atoms with Crippen LogP contribution >= 0.6 is 0 Å². The molecule has 0 spiro atoms. The summed E-state index contributed by atoms with van der Waals surface area (Å²) in [7, 11) is 0. The molecular formula is C22H18F6N4O3. The zero-order chi connectivity index (χ0) is 25.4. The van der Waals surface area contributed by atoms with Crippen LogP contribution in [-0.2, 0) is 0 Å². The van der Waals surface area contributed by atoms with E-state index in [0.29, 0.717) is 10.7 Å². The van der Waals surface area contributed by atoms with E-state index in [1.165, 1.54) is 11.5 Å². The number of carbonyl (C=O) groups excluding carboxylic acids is 1. The zero-order valence-corrected chi connectivity index (χ0v) is 18.1. The van der Waals surface area contributed by atoms with Gasteiger partial charge in [-0.3, -0.25) is 9.36 Å². The van der Waals surface area contributed by atoms with Gasteiger partial charge in [0.1, 0.15) is 47.1 Å². The van der Waals surface area contributed by atoms with Crippen molar-refractivity contribution in [2.24, 2.45) is 0 Å². The molecule has 0 saturated heterocycles. The fourth-order valence-electron chi connectivity index (χ4n) is 3.48. The third-order valence-electron chi connectivity index (χ3n) is 5.33. The molecule has 1 aliphatic rings. The Morgan fingerprint density at radius 2 is 1.83 bits per heavy atom. The van der Waals surface area contributed by atoms with Crippen LogP contribution in [0.2, 0.25) is 0 Å². The van der Waals surface area contributed by atoms with Crippen LogP contribution < -0.4 is 15.7 Å².